The summed E-state index contributed by atoms with van der Waals surface area (Å²) in [5.74, 6) is 0.510. The molecule has 3 fully saturated rings. The largest absolute Gasteiger partial charge is 0.586 e. The Morgan fingerprint density at radius 3 is 2.44 bits per heavy atom. The highest BCUT2D eigenvalue weighted by molar-refractivity contribution is 5.91. The molecule has 32 heavy (non-hydrogen) atoms. The number of carbonyl (C=O) groups is 1. The summed E-state index contributed by atoms with van der Waals surface area (Å²) in [5, 5.41) is 3.28. The fraction of sp³-hybridized carbons (Fsp3) is 0.480. The highest BCUT2D eigenvalue weighted by Gasteiger charge is 2.53. The predicted octanol–water partition coefficient (Wildman–Crippen LogP) is 4.85. The lowest BCUT2D eigenvalue weighted by molar-refractivity contribution is -0.286. The van der Waals surface area contributed by atoms with Crippen LogP contribution in [-0.4, -0.2) is 24.3 Å². The molecule has 0 bridgehead atoms. The van der Waals surface area contributed by atoms with Crippen LogP contribution in [0, 0.1) is 5.92 Å². The maximum atomic E-state index is 13.4. The van der Waals surface area contributed by atoms with Crippen molar-refractivity contribution in [2.24, 2.45) is 5.92 Å². The van der Waals surface area contributed by atoms with Crippen LogP contribution in [0.5, 0.6) is 11.5 Å². The van der Waals surface area contributed by atoms with Gasteiger partial charge in [-0.1, -0.05) is 36.4 Å². The summed E-state index contributed by atoms with van der Waals surface area (Å²) in [5.41, 5.74) is 1.14. The van der Waals surface area contributed by atoms with Gasteiger partial charge in [-0.2, -0.15) is 0 Å². The number of halogens is 2. The van der Waals surface area contributed by atoms with Crippen LogP contribution in [0.1, 0.15) is 55.8 Å². The van der Waals surface area contributed by atoms with Crippen molar-refractivity contribution < 1.29 is 27.8 Å². The van der Waals surface area contributed by atoms with Gasteiger partial charge in [0.25, 0.3) is 0 Å². The Morgan fingerprint density at radius 2 is 1.72 bits per heavy atom. The van der Waals surface area contributed by atoms with Crippen LogP contribution >= 0.6 is 0 Å². The zero-order valence-corrected chi connectivity index (χ0v) is 17.6. The molecule has 0 spiro atoms. The van der Waals surface area contributed by atoms with Gasteiger partial charge in [-0.25, -0.2) is 0 Å². The molecule has 2 saturated carbocycles. The number of amides is 1. The first-order valence-electron chi connectivity index (χ1n) is 11.3. The fourth-order valence-corrected chi connectivity index (χ4v) is 5.07. The smallest absolute Gasteiger partial charge is 0.395 e. The molecule has 0 radical (unpaired) electrons. The number of hydrogen-bond acceptors (Lipinski definition) is 4. The summed E-state index contributed by atoms with van der Waals surface area (Å²) in [4.78, 5) is 13.4. The quantitative estimate of drug-likeness (QED) is 0.721. The summed E-state index contributed by atoms with van der Waals surface area (Å²) < 4.78 is 42.3. The van der Waals surface area contributed by atoms with E-state index in [4.69, 9.17) is 4.74 Å². The molecule has 1 saturated heterocycles. The van der Waals surface area contributed by atoms with Crippen LogP contribution in [0.3, 0.4) is 0 Å². The van der Waals surface area contributed by atoms with E-state index in [2.05, 4.69) is 26.9 Å². The van der Waals surface area contributed by atoms with E-state index >= 15 is 0 Å². The fourth-order valence-electron chi connectivity index (χ4n) is 5.07. The number of fused-ring (bicyclic) bond motifs is 1. The Bertz CT molecular complexity index is 1040. The minimum Gasteiger partial charge on any atom is -0.395 e. The van der Waals surface area contributed by atoms with Crippen molar-refractivity contribution in [3.63, 3.8) is 0 Å². The summed E-state index contributed by atoms with van der Waals surface area (Å²) in [6, 6.07) is 14.8. The summed E-state index contributed by atoms with van der Waals surface area (Å²) in [6.45, 7) is 0. The highest BCUT2D eigenvalue weighted by Crippen LogP contribution is 2.52. The van der Waals surface area contributed by atoms with Crippen molar-refractivity contribution >= 4 is 5.91 Å². The number of carbonyl (C=O) groups excluding carboxylic acids is 1. The second-order valence-electron chi connectivity index (χ2n) is 9.46. The standard InChI is InChI=1S/C25H25F2NO4/c26-25(27)31-19-9-8-17(12-22(19)32-25)24(10-11-24)23(29)28-18-13-20(15-4-2-1-3-5-15)30-21(14-18)16-6-7-16/h1-5,8-9,12,16,18,20-21H,6-7,10-11,13-14H2,(H,28,29)/t18-,20+,21-/m0/s1. The number of alkyl halides is 2. The van der Waals surface area contributed by atoms with E-state index in [0.717, 1.165) is 18.4 Å². The zero-order chi connectivity index (χ0) is 21.9. The molecule has 7 heteroatoms. The lowest BCUT2D eigenvalue weighted by Gasteiger charge is -2.37. The SMILES string of the molecule is O=C(N[C@@H]1C[C@@H](C2CC2)O[C@@H](c2ccccc2)C1)C1(c2ccc3c(c2)OC(F)(F)O3)CC1. The maximum Gasteiger partial charge on any atom is 0.586 e. The molecule has 2 aromatic rings. The molecule has 3 atom stereocenters. The van der Waals surface area contributed by atoms with Gasteiger partial charge in [-0.05, 0) is 67.7 Å². The average Bonchev–Trinajstić information content (AvgIpc) is 3.69. The Balaban J connectivity index is 1.19. The van der Waals surface area contributed by atoms with Crippen LogP contribution in [-0.2, 0) is 14.9 Å². The van der Waals surface area contributed by atoms with Crippen molar-refractivity contribution in [2.45, 2.75) is 68.5 Å². The van der Waals surface area contributed by atoms with Gasteiger partial charge in [-0.15, -0.1) is 8.78 Å². The van der Waals surface area contributed by atoms with Crippen LogP contribution < -0.4 is 14.8 Å². The van der Waals surface area contributed by atoms with Gasteiger partial charge in [0.1, 0.15) is 0 Å². The molecule has 168 valence electrons. The lowest BCUT2D eigenvalue weighted by Crippen LogP contribution is -2.47. The molecule has 4 aliphatic rings. The first kappa shape index (κ1) is 20.0. The zero-order valence-electron chi connectivity index (χ0n) is 17.6. The van der Waals surface area contributed by atoms with E-state index in [0.29, 0.717) is 24.3 Å². The minimum atomic E-state index is -3.66. The second-order valence-corrected chi connectivity index (χ2v) is 9.46. The topological polar surface area (TPSA) is 56.8 Å². The number of hydrogen-bond donors (Lipinski definition) is 1. The molecule has 2 aliphatic heterocycles. The van der Waals surface area contributed by atoms with Crippen LogP contribution in [0.4, 0.5) is 8.78 Å². The molecule has 2 heterocycles. The third-order valence-electron chi connectivity index (χ3n) is 7.15. The lowest BCUT2D eigenvalue weighted by atomic mass is 9.90. The van der Waals surface area contributed by atoms with E-state index in [-0.39, 0.29) is 35.7 Å². The number of nitrogens with one attached hydrogen (secondary N) is 1. The third-order valence-corrected chi connectivity index (χ3v) is 7.15. The summed E-state index contributed by atoms with van der Waals surface area (Å²) in [7, 11) is 0. The first-order chi connectivity index (χ1) is 15.4. The minimum absolute atomic E-state index is 0.00244. The Hall–Kier alpha value is -2.67. The molecule has 2 aliphatic carbocycles. The van der Waals surface area contributed by atoms with Gasteiger partial charge in [0.05, 0.1) is 17.6 Å². The van der Waals surface area contributed by atoms with E-state index in [9.17, 15) is 13.6 Å². The average molecular weight is 441 g/mol. The summed E-state index contributed by atoms with van der Waals surface area (Å²) in [6.07, 6.45) is 1.72. The third kappa shape index (κ3) is 3.62. The maximum absolute atomic E-state index is 13.4. The van der Waals surface area contributed by atoms with Gasteiger partial charge in [-0.3, -0.25) is 4.79 Å². The van der Waals surface area contributed by atoms with E-state index in [1.807, 2.05) is 18.2 Å². The molecule has 0 unspecified atom stereocenters. The molecular formula is C25H25F2NO4. The van der Waals surface area contributed by atoms with Crippen molar-refractivity contribution in [3.8, 4) is 11.5 Å². The predicted molar refractivity (Wildman–Crippen MR) is 112 cm³/mol. The molecule has 6 rings (SSSR count). The van der Waals surface area contributed by atoms with Crippen LogP contribution in [0.15, 0.2) is 48.5 Å². The highest BCUT2D eigenvalue weighted by atomic mass is 19.3. The Morgan fingerprint density at radius 1 is 0.969 bits per heavy atom. The first-order valence-corrected chi connectivity index (χ1v) is 11.3. The molecule has 1 N–H and O–H groups in total. The van der Waals surface area contributed by atoms with Gasteiger partial charge in [0.15, 0.2) is 11.5 Å². The van der Waals surface area contributed by atoms with Crippen LogP contribution in [0.25, 0.3) is 0 Å². The Kier molecular flexibility index (Phi) is 4.47. The van der Waals surface area contributed by atoms with E-state index in [1.54, 1.807) is 6.07 Å². The van der Waals surface area contributed by atoms with Gasteiger partial charge in [0.2, 0.25) is 5.91 Å². The van der Waals surface area contributed by atoms with Gasteiger partial charge in [0, 0.05) is 6.04 Å². The van der Waals surface area contributed by atoms with E-state index < -0.39 is 11.7 Å². The number of benzene rings is 2. The van der Waals surface area contributed by atoms with Crippen molar-refractivity contribution in [2.75, 3.05) is 0 Å². The number of ether oxygens (including phenoxy) is 3. The van der Waals surface area contributed by atoms with Crippen molar-refractivity contribution in [1.82, 2.24) is 5.32 Å². The number of rotatable bonds is 5. The molecule has 1 amide bonds. The Labute approximate surface area is 185 Å². The van der Waals surface area contributed by atoms with Crippen LogP contribution in [0.2, 0.25) is 0 Å². The molecular weight excluding hydrogens is 416 g/mol. The van der Waals surface area contributed by atoms with Gasteiger partial charge >= 0.3 is 6.29 Å². The monoisotopic (exact) mass is 441 g/mol. The van der Waals surface area contributed by atoms with E-state index in [1.165, 1.54) is 25.0 Å². The van der Waals surface area contributed by atoms with Crippen molar-refractivity contribution in [3.05, 3.63) is 59.7 Å². The molecule has 0 aromatic heterocycles. The second kappa shape index (κ2) is 7.17. The summed E-state index contributed by atoms with van der Waals surface area (Å²) >= 11 is 0. The molecule has 2 aromatic carbocycles. The normalized spacial score (nSPS) is 29.4. The molecule has 5 nitrogen and oxygen atoms in total. The van der Waals surface area contributed by atoms with Gasteiger partial charge < -0.3 is 19.5 Å². The van der Waals surface area contributed by atoms with Crippen molar-refractivity contribution in [1.29, 1.82) is 0 Å².